The van der Waals surface area contributed by atoms with Crippen LogP contribution in [0.5, 0.6) is 5.75 Å². The molecule has 0 aliphatic carbocycles. The van der Waals surface area contributed by atoms with Crippen LogP contribution in [-0.2, 0) is 0 Å². The van der Waals surface area contributed by atoms with Crippen molar-refractivity contribution in [3.05, 3.63) is 84.3 Å². The Bertz CT molecular complexity index is 1150. The Hall–Kier alpha value is -3.93. The number of rotatable bonds is 5. The average Bonchev–Trinajstić information content (AvgIpc) is 3.26. The monoisotopic (exact) mass is 371 g/mol. The smallest absolute Gasteiger partial charge is 0.272 e. The van der Waals surface area contributed by atoms with E-state index in [2.05, 4.69) is 10.5 Å². The lowest BCUT2D eigenvalue weighted by Gasteiger charge is -2.09. The van der Waals surface area contributed by atoms with Crippen molar-refractivity contribution in [2.75, 3.05) is 7.11 Å². The molecule has 0 aliphatic rings. The zero-order valence-corrected chi connectivity index (χ0v) is 15.1. The van der Waals surface area contributed by atoms with Crippen molar-refractivity contribution >= 4 is 23.0 Å². The third-order valence-electron chi connectivity index (χ3n) is 4.23. The molecule has 0 saturated heterocycles. The Kier molecular flexibility index (Phi) is 4.84. The van der Waals surface area contributed by atoms with Gasteiger partial charge in [-0.25, -0.2) is 10.4 Å². The van der Waals surface area contributed by atoms with Gasteiger partial charge in [0.15, 0.2) is 0 Å². The Morgan fingerprint density at radius 1 is 1.11 bits per heavy atom. The van der Waals surface area contributed by atoms with E-state index in [-0.39, 0.29) is 5.91 Å². The summed E-state index contributed by atoms with van der Waals surface area (Å²) in [5.74, 6) is 0.948. The number of hydrogen-bond donors (Lipinski definition) is 1. The van der Waals surface area contributed by atoms with Crippen molar-refractivity contribution in [2.45, 2.75) is 0 Å². The molecule has 2 aromatic carbocycles. The van der Waals surface area contributed by atoms with Gasteiger partial charge in [-0.05, 0) is 36.4 Å². The minimum Gasteiger partial charge on any atom is -0.497 e. The number of fused-ring (bicyclic) bond motifs is 1. The molecule has 1 amide bonds. The molecule has 6 heteroatoms. The van der Waals surface area contributed by atoms with Crippen molar-refractivity contribution < 1.29 is 13.9 Å². The van der Waals surface area contributed by atoms with Gasteiger partial charge in [0.2, 0.25) is 0 Å². The number of aromatic nitrogens is 1. The predicted octanol–water partition coefficient (Wildman–Crippen LogP) is 4.27. The van der Waals surface area contributed by atoms with Gasteiger partial charge in [-0.15, -0.1) is 0 Å². The van der Waals surface area contributed by atoms with Gasteiger partial charge in [-0.2, -0.15) is 5.10 Å². The maximum absolute atomic E-state index is 12.8. The first-order valence-corrected chi connectivity index (χ1v) is 8.66. The largest absolute Gasteiger partial charge is 0.497 e. The summed E-state index contributed by atoms with van der Waals surface area (Å²) in [6, 6.07) is 20.3. The van der Waals surface area contributed by atoms with E-state index in [0.717, 1.165) is 22.2 Å². The number of furan rings is 1. The molecule has 2 heterocycles. The highest BCUT2D eigenvalue weighted by Gasteiger charge is 2.14. The van der Waals surface area contributed by atoms with Crippen molar-refractivity contribution in [3.8, 4) is 17.0 Å². The number of nitrogens with zero attached hydrogens (tertiary/aromatic N) is 2. The van der Waals surface area contributed by atoms with E-state index in [1.54, 1.807) is 31.6 Å². The number of para-hydroxylation sites is 1. The highest BCUT2D eigenvalue weighted by molar-refractivity contribution is 6.07. The molecule has 2 aromatic heterocycles. The van der Waals surface area contributed by atoms with Crippen LogP contribution in [0.3, 0.4) is 0 Å². The van der Waals surface area contributed by atoms with Gasteiger partial charge in [-0.3, -0.25) is 4.79 Å². The van der Waals surface area contributed by atoms with E-state index in [4.69, 9.17) is 14.1 Å². The highest BCUT2D eigenvalue weighted by atomic mass is 16.5. The molecule has 6 nitrogen and oxygen atoms in total. The lowest BCUT2D eigenvalue weighted by Crippen LogP contribution is -2.18. The molecule has 1 N–H and O–H groups in total. The highest BCUT2D eigenvalue weighted by Crippen LogP contribution is 2.27. The number of hydrogen-bond acceptors (Lipinski definition) is 5. The van der Waals surface area contributed by atoms with Crippen LogP contribution in [0.2, 0.25) is 0 Å². The van der Waals surface area contributed by atoms with Gasteiger partial charge in [0.05, 0.1) is 36.4 Å². The standard InChI is InChI=1S/C22H17N3O3/c1-27-16-7-4-6-15(12-16)21-13-19(18-9-2-3-10-20(18)24-21)22(26)25-23-14-17-8-5-11-28-17/h2-14H,1H3,(H,25,26)/b23-14-. The summed E-state index contributed by atoms with van der Waals surface area (Å²) in [6.45, 7) is 0. The summed E-state index contributed by atoms with van der Waals surface area (Å²) in [5.41, 5.74) is 5.30. The lowest BCUT2D eigenvalue weighted by atomic mass is 10.0. The summed E-state index contributed by atoms with van der Waals surface area (Å²) in [6.07, 6.45) is 2.99. The zero-order valence-electron chi connectivity index (χ0n) is 15.1. The molecular formula is C22H17N3O3. The van der Waals surface area contributed by atoms with E-state index < -0.39 is 0 Å². The molecule has 0 unspecified atom stereocenters. The summed E-state index contributed by atoms with van der Waals surface area (Å²) < 4.78 is 10.5. The second-order valence-electron chi connectivity index (χ2n) is 6.02. The molecule has 4 rings (SSSR count). The predicted molar refractivity (Wildman–Crippen MR) is 107 cm³/mol. The van der Waals surface area contributed by atoms with E-state index in [0.29, 0.717) is 17.0 Å². The first kappa shape index (κ1) is 17.5. The fourth-order valence-electron chi connectivity index (χ4n) is 2.87. The third-order valence-corrected chi connectivity index (χ3v) is 4.23. The van der Waals surface area contributed by atoms with Gasteiger partial charge in [-0.1, -0.05) is 30.3 Å². The summed E-state index contributed by atoms with van der Waals surface area (Å²) >= 11 is 0. The van der Waals surface area contributed by atoms with Crippen LogP contribution in [0.4, 0.5) is 0 Å². The molecule has 138 valence electrons. The van der Waals surface area contributed by atoms with Crippen LogP contribution >= 0.6 is 0 Å². The fourth-order valence-corrected chi connectivity index (χ4v) is 2.87. The molecule has 0 spiro atoms. The van der Waals surface area contributed by atoms with Gasteiger partial charge in [0.1, 0.15) is 11.5 Å². The number of amides is 1. The first-order chi connectivity index (χ1) is 13.7. The van der Waals surface area contributed by atoms with E-state index in [9.17, 15) is 4.79 Å². The Morgan fingerprint density at radius 2 is 2.00 bits per heavy atom. The van der Waals surface area contributed by atoms with E-state index in [1.807, 2.05) is 48.5 Å². The summed E-state index contributed by atoms with van der Waals surface area (Å²) in [4.78, 5) is 17.5. The summed E-state index contributed by atoms with van der Waals surface area (Å²) in [5, 5.41) is 4.72. The third kappa shape index (κ3) is 3.61. The number of nitrogens with one attached hydrogen (secondary N) is 1. The van der Waals surface area contributed by atoms with Crippen LogP contribution in [-0.4, -0.2) is 24.2 Å². The number of ether oxygens (including phenoxy) is 1. The minimum atomic E-state index is -0.328. The van der Waals surface area contributed by atoms with Crippen LogP contribution < -0.4 is 10.2 Å². The first-order valence-electron chi connectivity index (χ1n) is 8.66. The number of hydrazone groups is 1. The van der Waals surface area contributed by atoms with Gasteiger partial charge >= 0.3 is 0 Å². The SMILES string of the molecule is COc1cccc(-c2cc(C(=O)N/N=C\c3ccco3)c3ccccc3n2)c1. The molecule has 4 aromatic rings. The van der Waals surface area contributed by atoms with Crippen molar-refractivity contribution in [2.24, 2.45) is 5.10 Å². The quantitative estimate of drug-likeness (QED) is 0.420. The fraction of sp³-hybridized carbons (Fsp3) is 0.0455. The maximum atomic E-state index is 12.8. The number of carbonyl (C=O) groups is 1. The number of pyridine rings is 1. The van der Waals surface area contributed by atoms with Gasteiger partial charge in [0.25, 0.3) is 5.91 Å². The second kappa shape index (κ2) is 7.75. The van der Waals surface area contributed by atoms with Crippen molar-refractivity contribution in [1.29, 1.82) is 0 Å². The van der Waals surface area contributed by atoms with Gasteiger partial charge in [0, 0.05) is 10.9 Å². The molecule has 0 bridgehead atoms. The van der Waals surface area contributed by atoms with Crippen molar-refractivity contribution in [1.82, 2.24) is 10.4 Å². The second-order valence-corrected chi connectivity index (χ2v) is 6.02. The molecule has 0 radical (unpaired) electrons. The number of benzene rings is 2. The van der Waals surface area contributed by atoms with Crippen LogP contribution in [0.25, 0.3) is 22.2 Å². The normalized spacial score (nSPS) is 11.0. The molecule has 0 saturated carbocycles. The number of carbonyl (C=O) groups excluding carboxylic acids is 1. The minimum absolute atomic E-state index is 0.328. The molecule has 0 aliphatic heterocycles. The van der Waals surface area contributed by atoms with Crippen LogP contribution in [0, 0.1) is 0 Å². The lowest BCUT2D eigenvalue weighted by molar-refractivity contribution is 0.0956. The zero-order chi connectivity index (χ0) is 19.3. The Balaban J connectivity index is 1.72. The molecule has 0 atom stereocenters. The maximum Gasteiger partial charge on any atom is 0.272 e. The number of methoxy groups -OCH3 is 1. The van der Waals surface area contributed by atoms with E-state index in [1.165, 1.54) is 6.21 Å². The van der Waals surface area contributed by atoms with Crippen LogP contribution in [0.1, 0.15) is 16.1 Å². The molecule has 0 fully saturated rings. The van der Waals surface area contributed by atoms with Crippen LogP contribution in [0.15, 0.2) is 82.5 Å². The topological polar surface area (TPSA) is 76.7 Å². The Morgan fingerprint density at radius 3 is 2.82 bits per heavy atom. The van der Waals surface area contributed by atoms with Crippen molar-refractivity contribution in [3.63, 3.8) is 0 Å². The average molecular weight is 371 g/mol. The molecule has 28 heavy (non-hydrogen) atoms. The van der Waals surface area contributed by atoms with E-state index >= 15 is 0 Å². The summed E-state index contributed by atoms with van der Waals surface area (Å²) in [7, 11) is 1.61. The van der Waals surface area contributed by atoms with Gasteiger partial charge < -0.3 is 9.15 Å². The Labute approximate surface area is 161 Å². The molecular weight excluding hydrogens is 354 g/mol.